The van der Waals surface area contributed by atoms with E-state index in [1.54, 1.807) is 4.90 Å². The molecule has 1 aromatic rings. The van der Waals surface area contributed by atoms with Gasteiger partial charge < -0.3 is 14.5 Å². The molecular formula is C19H29N3O2. The van der Waals surface area contributed by atoms with E-state index in [2.05, 4.69) is 22.1 Å². The van der Waals surface area contributed by atoms with Crippen LogP contribution in [0.1, 0.15) is 51.2 Å². The van der Waals surface area contributed by atoms with Crippen molar-refractivity contribution < 1.29 is 9.53 Å². The van der Waals surface area contributed by atoms with Crippen LogP contribution in [0.25, 0.3) is 0 Å². The zero-order valence-corrected chi connectivity index (χ0v) is 15.2. The van der Waals surface area contributed by atoms with E-state index in [1.165, 1.54) is 36.8 Å². The molecule has 24 heavy (non-hydrogen) atoms. The maximum Gasteiger partial charge on any atom is 0.410 e. The second-order valence-electron chi connectivity index (χ2n) is 7.83. The van der Waals surface area contributed by atoms with Crippen molar-refractivity contribution >= 4 is 11.9 Å². The van der Waals surface area contributed by atoms with E-state index < -0.39 is 5.60 Å². The fourth-order valence-electron chi connectivity index (χ4n) is 3.40. The molecule has 2 aliphatic rings. The van der Waals surface area contributed by atoms with Crippen LogP contribution in [0.2, 0.25) is 0 Å². The van der Waals surface area contributed by atoms with E-state index in [-0.39, 0.29) is 6.09 Å². The van der Waals surface area contributed by atoms with E-state index in [1.807, 2.05) is 20.8 Å². The van der Waals surface area contributed by atoms with Gasteiger partial charge in [0.2, 0.25) is 0 Å². The van der Waals surface area contributed by atoms with Gasteiger partial charge in [0, 0.05) is 32.4 Å². The molecule has 1 aliphatic heterocycles. The predicted octanol–water partition coefficient (Wildman–Crippen LogP) is 3.41. The van der Waals surface area contributed by atoms with Crippen molar-refractivity contribution in [1.82, 2.24) is 9.88 Å². The van der Waals surface area contributed by atoms with Crippen molar-refractivity contribution in [3.8, 4) is 0 Å². The highest BCUT2D eigenvalue weighted by Gasteiger charge is 2.26. The summed E-state index contributed by atoms with van der Waals surface area (Å²) < 4.78 is 5.46. The van der Waals surface area contributed by atoms with Gasteiger partial charge in [-0.15, -0.1) is 0 Å². The highest BCUT2D eigenvalue weighted by atomic mass is 16.6. The summed E-state index contributed by atoms with van der Waals surface area (Å²) >= 11 is 0. The Morgan fingerprint density at radius 1 is 1.04 bits per heavy atom. The van der Waals surface area contributed by atoms with Crippen molar-refractivity contribution in [2.24, 2.45) is 0 Å². The van der Waals surface area contributed by atoms with E-state index >= 15 is 0 Å². The van der Waals surface area contributed by atoms with E-state index in [4.69, 9.17) is 4.74 Å². The number of amides is 1. The SMILES string of the molecule is CC(C)(C)OC(=O)N1CCN(c2cc3c(cn2)CCCCC3)CC1. The summed E-state index contributed by atoms with van der Waals surface area (Å²) in [6, 6.07) is 2.27. The molecule has 2 heterocycles. The van der Waals surface area contributed by atoms with Crippen LogP contribution < -0.4 is 4.90 Å². The average Bonchev–Trinajstić information content (AvgIpc) is 2.78. The molecule has 132 valence electrons. The van der Waals surface area contributed by atoms with Crippen LogP contribution in [-0.2, 0) is 17.6 Å². The monoisotopic (exact) mass is 331 g/mol. The molecular weight excluding hydrogens is 302 g/mol. The largest absolute Gasteiger partial charge is 0.444 e. The number of pyridine rings is 1. The number of carbonyl (C=O) groups excluding carboxylic acids is 1. The van der Waals surface area contributed by atoms with Crippen molar-refractivity contribution in [2.75, 3.05) is 31.1 Å². The van der Waals surface area contributed by atoms with Crippen molar-refractivity contribution in [1.29, 1.82) is 0 Å². The predicted molar refractivity (Wildman–Crippen MR) is 95.5 cm³/mol. The minimum Gasteiger partial charge on any atom is -0.444 e. The summed E-state index contributed by atoms with van der Waals surface area (Å²) in [4.78, 5) is 20.9. The molecule has 1 aromatic heterocycles. The van der Waals surface area contributed by atoms with Crippen molar-refractivity contribution in [3.63, 3.8) is 0 Å². The summed E-state index contributed by atoms with van der Waals surface area (Å²) in [5, 5.41) is 0. The number of hydrogen-bond donors (Lipinski definition) is 0. The maximum absolute atomic E-state index is 12.2. The summed E-state index contributed by atoms with van der Waals surface area (Å²) in [7, 11) is 0. The molecule has 0 spiro atoms. The Labute approximate surface area is 145 Å². The van der Waals surface area contributed by atoms with Gasteiger partial charge in [0.1, 0.15) is 11.4 Å². The fraction of sp³-hybridized carbons (Fsp3) is 0.684. The van der Waals surface area contributed by atoms with Crippen molar-refractivity contribution in [3.05, 3.63) is 23.4 Å². The lowest BCUT2D eigenvalue weighted by Crippen LogP contribution is -2.50. The number of carbonyl (C=O) groups is 1. The smallest absolute Gasteiger partial charge is 0.410 e. The Balaban J connectivity index is 1.61. The number of aryl methyl sites for hydroxylation is 2. The lowest BCUT2D eigenvalue weighted by Gasteiger charge is -2.36. The summed E-state index contributed by atoms with van der Waals surface area (Å²) in [5.74, 6) is 1.06. The fourth-order valence-corrected chi connectivity index (χ4v) is 3.40. The molecule has 0 unspecified atom stereocenters. The molecule has 0 N–H and O–H groups in total. The van der Waals surface area contributed by atoms with Crippen LogP contribution in [0.5, 0.6) is 0 Å². The number of ether oxygens (including phenoxy) is 1. The summed E-state index contributed by atoms with van der Waals surface area (Å²) in [6.45, 7) is 8.71. The highest BCUT2D eigenvalue weighted by Crippen LogP contribution is 2.24. The zero-order valence-electron chi connectivity index (χ0n) is 15.2. The second-order valence-corrected chi connectivity index (χ2v) is 7.83. The number of nitrogens with zero attached hydrogens (tertiary/aromatic N) is 3. The summed E-state index contributed by atoms with van der Waals surface area (Å²) in [6.07, 6.45) is 8.06. The van der Waals surface area contributed by atoms with Crippen LogP contribution >= 0.6 is 0 Å². The Hall–Kier alpha value is -1.78. The van der Waals surface area contributed by atoms with Gasteiger partial charge in [-0.2, -0.15) is 0 Å². The van der Waals surface area contributed by atoms with Gasteiger partial charge in [0.05, 0.1) is 0 Å². The van der Waals surface area contributed by atoms with E-state index in [0.29, 0.717) is 13.1 Å². The first-order valence-electron chi connectivity index (χ1n) is 9.13. The molecule has 1 aliphatic carbocycles. The van der Waals surface area contributed by atoms with Gasteiger partial charge in [-0.25, -0.2) is 9.78 Å². The molecule has 0 aromatic carbocycles. The molecule has 5 nitrogen and oxygen atoms in total. The van der Waals surface area contributed by atoms with Crippen LogP contribution in [-0.4, -0.2) is 47.8 Å². The lowest BCUT2D eigenvalue weighted by atomic mass is 10.1. The number of hydrogen-bond acceptors (Lipinski definition) is 4. The lowest BCUT2D eigenvalue weighted by molar-refractivity contribution is 0.0240. The van der Waals surface area contributed by atoms with Gasteiger partial charge >= 0.3 is 6.09 Å². The zero-order chi connectivity index (χ0) is 17.2. The number of fused-ring (bicyclic) bond motifs is 1. The van der Waals surface area contributed by atoms with Gasteiger partial charge in [0.25, 0.3) is 0 Å². The minimum atomic E-state index is -0.438. The molecule has 0 saturated carbocycles. The Bertz CT molecular complexity index is 587. The van der Waals surface area contributed by atoms with Crippen LogP contribution in [0.3, 0.4) is 0 Å². The van der Waals surface area contributed by atoms with Crippen molar-refractivity contribution in [2.45, 2.75) is 58.5 Å². The van der Waals surface area contributed by atoms with E-state index in [9.17, 15) is 4.79 Å². The standard InChI is InChI=1S/C19H29N3O2/c1-19(2,3)24-18(23)22-11-9-21(10-12-22)17-13-15-7-5-4-6-8-16(15)14-20-17/h13-14H,4-12H2,1-3H3. The first kappa shape index (κ1) is 17.1. The van der Waals surface area contributed by atoms with Crippen LogP contribution in [0, 0.1) is 0 Å². The molecule has 1 saturated heterocycles. The third kappa shape index (κ3) is 4.19. The van der Waals surface area contributed by atoms with Gasteiger partial charge in [-0.1, -0.05) is 6.42 Å². The minimum absolute atomic E-state index is 0.211. The van der Waals surface area contributed by atoms with Crippen LogP contribution in [0.15, 0.2) is 12.3 Å². The second kappa shape index (κ2) is 6.99. The summed E-state index contributed by atoms with van der Waals surface area (Å²) in [5.41, 5.74) is 2.45. The first-order chi connectivity index (χ1) is 11.4. The molecule has 0 atom stereocenters. The van der Waals surface area contributed by atoms with Gasteiger partial charge in [-0.3, -0.25) is 0 Å². The molecule has 5 heteroatoms. The molecule has 0 radical (unpaired) electrons. The maximum atomic E-state index is 12.2. The highest BCUT2D eigenvalue weighted by molar-refractivity contribution is 5.68. The van der Waals surface area contributed by atoms with Gasteiger partial charge in [0.15, 0.2) is 0 Å². The third-order valence-corrected chi connectivity index (χ3v) is 4.72. The Morgan fingerprint density at radius 3 is 2.38 bits per heavy atom. The molecule has 1 fully saturated rings. The number of aromatic nitrogens is 1. The number of rotatable bonds is 1. The number of anilines is 1. The quantitative estimate of drug-likeness (QED) is 0.740. The molecule has 3 rings (SSSR count). The Morgan fingerprint density at radius 2 is 1.71 bits per heavy atom. The molecule has 0 bridgehead atoms. The normalized spacial score (nSPS) is 18.8. The average molecular weight is 331 g/mol. The molecule has 1 amide bonds. The Kier molecular flexibility index (Phi) is 4.97. The van der Waals surface area contributed by atoms with E-state index in [0.717, 1.165) is 25.3 Å². The third-order valence-electron chi connectivity index (χ3n) is 4.72. The van der Waals surface area contributed by atoms with Gasteiger partial charge in [-0.05, 0) is 63.6 Å². The first-order valence-corrected chi connectivity index (χ1v) is 9.13. The van der Waals surface area contributed by atoms with Crippen LogP contribution in [0.4, 0.5) is 10.6 Å². The topological polar surface area (TPSA) is 45.7 Å². The number of piperazine rings is 1.